The Morgan fingerprint density at radius 1 is 1.38 bits per heavy atom. The molecule has 2 rings (SSSR count). The predicted octanol–water partition coefficient (Wildman–Crippen LogP) is 2.89. The fourth-order valence-corrected chi connectivity index (χ4v) is 1.92. The molecule has 2 unspecified atom stereocenters. The molecule has 1 aromatic rings. The van der Waals surface area contributed by atoms with Crippen molar-refractivity contribution in [2.75, 3.05) is 0 Å². The fraction of sp³-hybridized carbons (Fsp3) is 0.429. The number of benzene rings is 1. The van der Waals surface area contributed by atoms with E-state index in [0.29, 0.717) is 5.92 Å². The lowest BCUT2D eigenvalue weighted by molar-refractivity contribution is 0.462. The molecule has 0 radical (unpaired) electrons. The number of hydrogen-bond donors (Lipinski definition) is 1. The summed E-state index contributed by atoms with van der Waals surface area (Å²) in [6.45, 7) is 1.97. The van der Waals surface area contributed by atoms with Crippen molar-refractivity contribution in [2.45, 2.75) is 31.8 Å². The van der Waals surface area contributed by atoms with Crippen LogP contribution in [0, 0.1) is 24.1 Å². The van der Waals surface area contributed by atoms with Crippen LogP contribution in [0.15, 0.2) is 24.3 Å². The first-order chi connectivity index (χ1) is 7.70. The predicted molar refractivity (Wildman–Crippen MR) is 63.3 cm³/mol. The van der Waals surface area contributed by atoms with Gasteiger partial charge in [0, 0.05) is 6.04 Å². The van der Waals surface area contributed by atoms with E-state index < -0.39 is 0 Å². The number of rotatable bonds is 4. The van der Waals surface area contributed by atoms with Crippen molar-refractivity contribution in [2.24, 2.45) is 5.92 Å². The largest absolute Gasteiger partial charge is 0.297 e. The smallest absolute Gasteiger partial charge is 0.123 e. The molecule has 1 aliphatic rings. The number of nitrogens with one attached hydrogen (secondary N) is 1. The van der Waals surface area contributed by atoms with Gasteiger partial charge in [-0.05, 0) is 43.4 Å². The molecule has 0 aromatic heterocycles. The molecule has 1 aromatic carbocycles. The lowest BCUT2D eigenvalue weighted by Crippen LogP contribution is -2.30. The van der Waals surface area contributed by atoms with Crippen LogP contribution in [-0.2, 0) is 0 Å². The first kappa shape index (κ1) is 11.2. The van der Waals surface area contributed by atoms with Gasteiger partial charge in [0.25, 0.3) is 0 Å². The van der Waals surface area contributed by atoms with Crippen molar-refractivity contribution >= 4 is 0 Å². The highest BCUT2D eigenvalue weighted by Gasteiger charge is 2.32. The Morgan fingerprint density at radius 2 is 2.00 bits per heavy atom. The van der Waals surface area contributed by atoms with Crippen molar-refractivity contribution in [3.05, 3.63) is 35.6 Å². The summed E-state index contributed by atoms with van der Waals surface area (Å²) in [6, 6.07) is 7.02. The Balaban J connectivity index is 2.13. The van der Waals surface area contributed by atoms with Gasteiger partial charge in [0.05, 0.1) is 6.04 Å². The lowest BCUT2D eigenvalue weighted by atomic mass is 10.0. The van der Waals surface area contributed by atoms with Gasteiger partial charge < -0.3 is 0 Å². The van der Waals surface area contributed by atoms with E-state index in [4.69, 9.17) is 6.42 Å². The molecular formula is C14H16FN. The molecule has 2 atom stereocenters. The molecule has 0 saturated heterocycles. The van der Waals surface area contributed by atoms with Gasteiger partial charge >= 0.3 is 0 Å². The van der Waals surface area contributed by atoms with Crippen molar-refractivity contribution in [3.8, 4) is 12.3 Å². The van der Waals surface area contributed by atoms with Gasteiger partial charge in [-0.3, -0.25) is 5.32 Å². The van der Waals surface area contributed by atoms with E-state index in [2.05, 4.69) is 11.2 Å². The molecule has 0 amide bonds. The Morgan fingerprint density at radius 3 is 2.50 bits per heavy atom. The van der Waals surface area contributed by atoms with Crippen LogP contribution in [0.2, 0.25) is 0 Å². The summed E-state index contributed by atoms with van der Waals surface area (Å²) in [5.74, 6) is 3.14. The monoisotopic (exact) mass is 217 g/mol. The fourth-order valence-electron chi connectivity index (χ4n) is 1.92. The molecule has 1 fully saturated rings. The third kappa shape index (κ3) is 2.62. The zero-order valence-electron chi connectivity index (χ0n) is 9.41. The van der Waals surface area contributed by atoms with Crippen LogP contribution in [0.4, 0.5) is 4.39 Å². The van der Waals surface area contributed by atoms with Crippen LogP contribution in [0.3, 0.4) is 0 Å². The van der Waals surface area contributed by atoms with Crippen molar-refractivity contribution < 1.29 is 4.39 Å². The average molecular weight is 217 g/mol. The van der Waals surface area contributed by atoms with E-state index in [1.165, 1.54) is 25.0 Å². The zero-order valence-corrected chi connectivity index (χ0v) is 9.41. The van der Waals surface area contributed by atoms with Crippen LogP contribution in [0.25, 0.3) is 0 Å². The first-order valence-corrected chi connectivity index (χ1v) is 5.68. The Labute approximate surface area is 96.1 Å². The van der Waals surface area contributed by atoms with Gasteiger partial charge in [-0.15, -0.1) is 6.42 Å². The molecular weight excluding hydrogens is 201 g/mol. The SMILES string of the molecule is C#CC(C)NC(c1ccc(F)cc1)C1CC1. The molecule has 1 aliphatic carbocycles. The normalized spacial score (nSPS) is 18.8. The molecule has 2 heteroatoms. The van der Waals surface area contributed by atoms with E-state index in [-0.39, 0.29) is 17.9 Å². The Kier molecular flexibility index (Phi) is 3.26. The molecule has 1 nitrogen and oxygen atoms in total. The second-order valence-corrected chi connectivity index (χ2v) is 4.42. The molecule has 0 aliphatic heterocycles. The minimum atomic E-state index is -0.191. The van der Waals surface area contributed by atoms with Crippen LogP contribution in [-0.4, -0.2) is 6.04 Å². The van der Waals surface area contributed by atoms with E-state index in [9.17, 15) is 4.39 Å². The van der Waals surface area contributed by atoms with Crippen LogP contribution >= 0.6 is 0 Å². The molecule has 84 valence electrons. The van der Waals surface area contributed by atoms with E-state index in [0.717, 1.165) is 5.56 Å². The van der Waals surface area contributed by atoms with Gasteiger partial charge in [-0.2, -0.15) is 0 Å². The number of hydrogen-bond acceptors (Lipinski definition) is 1. The third-order valence-electron chi connectivity index (χ3n) is 3.00. The van der Waals surface area contributed by atoms with Gasteiger partial charge in [-0.1, -0.05) is 18.1 Å². The summed E-state index contributed by atoms with van der Waals surface area (Å²) < 4.78 is 12.8. The average Bonchev–Trinajstić information content (AvgIpc) is 3.11. The minimum Gasteiger partial charge on any atom is -0.297 e. The van der Waals surface area contributed by atoms with E-state index >= 15 is 0 Å². The molecule has 0 bridgehead atoms. The summed E-state index contributed by atoms with van der Waals surface area (Å²) in [6.07, 6.45) is 7.83. The van der Waals surface area contributed by atoms with Crippen molar-refractivity contribution in [3.63, 3.8) is 0 Å². The quantitative estimate of drug-likeness (QED) is 0.765. The highest BCUT2D eigenvalue weighted by atomic mass is 19.1. The first-order valence-electron chi connectivity index (χ1n) is 5.68. The number of terminal acetylenes is 1. The second kappa shape index (κ2) is 4.67. The topological polar surface area (TPSA) is 12.0 Å². The highest BCUT2D eigenvalue weighted by Crippen LogP contribution is 2.41. The molecule has 0 spiro atoms. The maximum absolute atomic E-state index is 12.8. The molecule has 1 saturated carbocycles. The Bertz CT molecular complexity index is 386. The minimum absolute atomic E-state index is 0.0515. The lowest BCUT2D eigenvalue weighted by Gasteiger charge is -2.20. The summed E-state index contributed by atoms with van der Waals surface area (Å²) in [5.41, 5.74) is 1.13. The maximum Gasteiger partial charge on any atom is 0.123 e. The standard InChI is InChI=1S/C14H16FN/c1-3-10(2)16-14(11-4-5-11)12-6-8-13(15)9-7-12/h1,6-11,14,16H,4-5H2,2H3. The molecule has 0 heterocycles. The van der Waals surface area contributed by atoms with Gasteiger partial charge in [0.1, 0.15) is 5.82 Å². The third-order valence-corrected chi connectivity index (χ3v) is 3.00. The zero-order chi connectivity index (χ0) is 11.5. The van der Waals surface area contributed by atoms with Gasteiger partial charge in [0.2, 0.25) is 0 Å². The van der Waals surface area contributed by atoms with Gasteiger partial charge in [0.15, 0.2) is 0 Å². The summed E-state index contributed by atoms with van der Waals surface area (Å²) >= 11 is 0. The second-order valence-electron chi connectivity index (χ2n) is 4.42. The highest BCUT2D eigenvalue weighted by molar-refractivity contribution is 5.22. The molecule has 16 heavy (non-hydrogen) atoms. The van der Waals surface area contributed by atoms with Gasteiger partial charge in [-0.25, -0.2) is 4.39 Å². The van der Waals surface area contributed by atoms with Crippen molar-refractivity contribution in [1.82, 2.24) is 5.32 Å². The van der Waals surface area contributed by atoms with Crippen LogP contribution in [0.1, 0.15) is 31.4 Å². The maximum atomic E-state index is 12.8. The number of halogens is 1. The summed E-state index contributed by atoms with van der Waals surface area (Å²) in [4.78, 5) is 0. The van der Waals surface area contributed by atoms with Crippen LogP contribution in [0.5, 0.6) is 0 Å². The van der Waals surface area contributed by atoms with E-state index in [1.54, 1.807) is 0 Å². The Hall–Kier alpha value is -1.33. The van der Waals surface area contributed by atoms with Crippen LogP contribution < -0.4 is 5.32 Å². The molecule has 1 N–H and O–H groups in total. The summed E-state index contributed by atoms with van der Waals surface area (Å²) in [5, 5.41) is 3.41. The van der Waals surface area contributed by atoms with Crippen molar-refractivity contribution in [1.29, 1.82) is 0 Å². The summed E-state index contributed by atoms with van der Waals surface area (Å²) in [7, 11) is 0. The van der Waals surface area contributed by atoms with E-state index in [1.807, 2.05) is 19.1 Å².